The number of nitrogens with two attached hydrogens (primary N) is 1. The van der Waals surface area contributed by atoms with Gasteiger partial charge in [0.05, 0.1) is 5.56 Å². The van der Waals surface area contributed by atoms with Crippen molar-refractivity contribution in [1.29, 1.82) is 0 Å². The standard InChI is InChI=1S/C14H13NO2/c15-10-11-6-4-5-9-13(11)14(16)17-12-7-2-1-3-8-12/h1-9H,10,15H2. The number of para-hydroxylation sites is 1. The molecule has 0 saturated carbocycles. The molecule has 86 valence electrons. The monoisotopic (exact) mass is 227 g/mol. The van der Waals surface area contributed by atoms with E-state index in [9.17, 15) is 4.79 Å². The molecule has 2 aromatic rings. The molecule has 0 aromatic heterocycles. The van der Waals surface area contributed by atoms with Crippen LogP contribution in [0.3, 0.4) is 0 Å². The molecule has 0 spiro atoms. The molecule has 0 heterocycles. The Hall–Kier alpha value is -2.13. The first kappa shape index (κ1) is 11.4. The Kier molecular flexibility index (Phi) is 3.52. The highest BCUT2D eigenvalue weighted by atomic mass is 16.5. The highest BCUT2D eigenvalue weighted by Gasteiger charge is 2.11. The molecule has 0 bridgehead atoms. The summed E-state index contributed by atoms with van der Waals surface area (Å²) in [6, 6.07) is 16.2. The van der Waals surface area contributed by atoms with Crippen LogP contribution in [-0.2, 0) is 6.54 Å². The van der Waals surface area contributed by atoms with Gasteiger partial charge in [-0.3, -0.25) is 0 Å². The normalized spacial score (nSPS) is 9.94. The van der Waals surface area contributed by atoms with Crippen molar-refractivity contribution in [2.45, 2.75) is 6.54 Å². The van der Waals surface area contributed by atoms with Crippen molar-refractivity contribution < 1.29 is 9.53 Å². The third kappa shape index (κ3) is 2.71. The maximum absolute atomic E-state index is 11.9. The number of benzene rings is 2. The molecular weight excluding hydrogens is 214 g/mol. The van der Waals surface area contributed by atoms with Crippen molar-refractivity contribution in [3.8, 4) is 5.75 Å². The lowest BCUT2D eigenvalue weighted by atomic mass is 10.1. The number of esters is 1. The Balaban J connectivity index is 2.20. The van der Waals surface area contributed by atoms with E-state index in [1.54, 1.807) is 24.3 Å². The summed E-state index contributed by atoms with van der Waals surface area (Å²) in [6.45, 7) is 0.320. The van der Waals surface area contributed by atoms with Gasteiger partial charge in [0.1, 0.15) is 5.75 Å². The van der Waals surface area contributed by atoms with Crippen molar-refractivity contribution >= 4 is 5.97 Å². The molecule has 17 heavy (non-hydrogen) atoms. The van der Waals surface area contributed by atoms with E-state index < -0.39 is 0 Å². The second kappa shape index (κ2) is 5.27. The zero-order chi connectivity index (χ0) is 12.1. The highest BCUT2D eigenvalue weighted by molar-refractivity contribution is 5.92. The summed E-state index contributed by atoms with van der Waals surface area (Å²) in [4.78, 5) is 11.9. The molecule has 0 aliphatic heterocycles. The molecule has 3 heteroatoms. The third-order valence-corrected chi connectivity index (χ3v) is 2.41. The maximum atomic E-state index is 11.9. The Labute approximate surface area is 99.8 Å². The lowest BCUT2D eigenvalue weighted by Gasteiger charge is -2.07. The Morgan fingerprint density at radius 1 is 1.00 bits per heavy atom. The van der Waals surface area contributed by atoms with Gasteiger partial charge in [0.2, 0.25) is 0 Å². The molecule has 0 aliphatic rings. The van der Waals surface area contributed by atoms with Crippen molar-refractivity contribution in [3.63, 3.8) is 0 Å². The molecule has 2 aromatic carbocycles. The van der Waals surface area contributed by atoms with Crippen molar-refractivity contribution in [3.05, 3.63) is 65.7 Å². The third-order valence-electron chi connectivity index (χ3n) is 2.41. The summed E-state index contributed by atoms with van der Waals surface area (Å²) in [7, 11) is 0. The number of ether oxygens (including phenoxy) is 1. The molecule has 0 unspecified atom stereocenters. The van der Waals surface area contributed by atoms with Crippen LogP contribution < -0.4 is 10.5 Å². The van der Waals surface area contributed by atoms with Gasteiger partial charge in [-0.05, 0) is 23.8 Å². The number of hydrogen-bond donors (Lipinski definition) is 1. The Morgan fingerprint density at radius 3 is 2.35 bits per heavy atom. The van der Waals surface area contributed by atoms with Crippen molar-refractivity contribution in [2.75, 3.05) is 0 Å². The van der Waals surface area contributed by atoms with E-state index >= 15 is 0 Å². The summed E-state index contributed by atoms with van der Waals surface area (Å²) in [5.41, 5.74) is 6.87. The van der Waals surface area contributed by atoms with E-state index in [4.69, 9.17) is 10.5 Å². The smallest absolute Gasteiger partial charge is 0.343 e. The zero-order valence-electron chi connectivity index (χ0n) is 9.30. The highest BCUT2D eigenvalue weighted by Crippen LogP contribution is 2.14. The lowest BCUT2D eigenvalue weighted by Crippen LogP contribution is -2.13. The van der Waals surface area contributed by atoms with E-state index in [0.29, 0.717) is 17.9 Å². The largest absolute Gasteiger partial charge is 0.423 e. The van der Waals surface area contributed by atoms with Gasteiger partial charge in [-0.15, -0.1) is 0 Å². The molecule has 3 nitrogen and oxygen atoms in total. The predicted molar refractivity (Wildman–Crippen MR) is 65.7 cm³/mol. The summed E-state index contributed by atoms with van der Waals surface area (Å²) in [5.74, 6) is 0.154. The average molecular weight is 227 g/mol. The van der Waals surface area contributed by atoms with Gasteiger partial charge in [-0.25, -0.2) is 4.79 Å². The topological polar surface area (TPSA) is 52.3 Å². The first-order valence-corrected chi connectivity index (χ1v) is 5.36. The van der Waals surface area contributed by atoms with Crippen LogP contribution in [0.1, 0.15) is 15.9 Å². The fraction of sp³-hybridized carbons (Fsp3) is 0.0714. The fourth-order valence-electron chi connectivity index (χ4n) is 1.55. The predicted octanol–water partition coefficient (Wildman–Crippen LogP) is 2.36. The summed E-state index contributed by atoms with van der Waals surface area (Å²) >= 11 is 0. The number of carbonyl (C=O) groups is 1. The molecule has 0 fully saturated rings. The first-order valence-electron chi connectivity index (χ1n) is 5.36. The maximum Gasteiger partial charge on any atom is 0.343 e. The number of carbonyl (C=O) groups excluding carboxylic acids is 1. The van der Waals surface area contributed by atoms with Gasteiger partial charge >= 0.3 is 5.97 Å². The zero-order valence-corrected chi connectivity index (χ0v) is 9.30. The molecule has 0 atom stereocenters. The Bertz CT molecular complexity index is 509. The van der Waals surface area contributed by atoms with E-state index in [0.717, 1.165) is 5.56 Å². The van der Waals surface area contributed by atoms with Crippen LogP contribution in [0.4, 0.5) is 0 Å². The summed E-state index contributed by atoms with van der Waals surface area (Å²) in [5, 5.41) is 0. The second-order valence-corrected chi connectivity index (χ2v) is 3.56. The molecule has 0 amide bonds. The number of rotatable bonds is 3. The lowest BCUT2D eigenvalue weighted by molar-refractivity contribution is 0.0733. The molecule has 0 radical (unpaired) electrons. The molecule has 0 saturated heterocycles. The average Bonchev–Trinajstić information content (AvgIpc) is 2.40. The van der Waals surface area contributed by atoms with Gasteiger partial charge < -0.3 is 10.5 Å². The minimum atomic E-state index is -0.378. The quantitative estimate of drug-likeness (QED) is 0.647. The summed E-state index contributed by atoms with van der Waals surface area (Å²) in [6.07, 6.45) is 0. The van der Waals surface area contributed by atoms with Gasteiger partial charge in [0.15, 0.2) is 0 Å². The summed E-state index contributed by atoms with van der Waals surface area (Å²) < 4.78 is 5.25. The van der Waals surface area contributed by atoms with Crippen LogP contribution in [0.2, 0.25) is 0 Å². The van der Waals surface area contributed by atoms with Crippen molar-refractivity contribution in [1.82, 2.24) is 0 Å². The van der Waals surface area contributed by atoms with Gasteiger partial charge in [-0.1, -0.05) is 36.4 Å². The SMILES string of the molecule is NCc1ccccc1C(=O)Oc1ccccc1. The van der Waals surface area contributed by atoms with Gasteiger partial charge in [0, 0.05) is 6.54 Å². The Morgan fingerprint density at radius 2 is 1.65 bits per heavy atom. The van der Waals surface area contributed by atoms with E-state index in [1.165, 1.54) is 0 Å². The van der Waals surface area contributed by atoms with E-state index in [1.807, 2.05) is 30.3 Å². The van der Waals surface area contributed by atoms with Crippen LogP contribution in [-0.4, -0.2) is 5.97 Å². The van der Waals surface area contributed by atoms with Gasteiger partial charge in [0.25, 0.3) is 0 Å². The van der Waals surface area contributed by atoms with Crippen LogP contribution in [0.5, 0.6) is 5.75 Å². The van der Waals surface area contributed by atoms with Crippen molar-refractivity contribution in [2.24, 2.45) is 5.73 Å². The minimum Gasteiger partial charge on any atom is -0.423 e. The van der Waals surface area contributed by atoms with Crippen LogP contribution >= 0.6 is 0 Å². The second-order valence-electron chi connectivity index (χ2n) is 3.56. The van der Waals surface area contributed by atoms with Crippen LogP contribution in [0, 0.1) is 0 Å². The van der Waals surface area contributed by atoms with E-state index in [2.05, 4.69) is 0 Å². The van der Waals surface area contributed by atoms with Crippen LogP contribution in [0.25, 0.3) is 0 Å². The van der Waals surface area contributed by atoms with E-state index in [-0.39, 0.29) is 5.97 Å². The molecular formula is C14H13NO2. The fourth-order valence-corrected chi connectivity index (χ4v) is 1.55. The van der Waals surface area contributed by atoms with Gasteiger partial charge in [-0.2, -0.15) is 0 Å². The number of hydrogen-bond acceptors (Lipinski definition) is 3. The molecule has 2 rings (SSSR count). The molecule has 0 aliphatic carbocycles. The van der Waals surface area contributed by atoms with Crippen LogP contribution in [0.15, 0.2) is 54.6 Å². The first-order chi connectivity index (χ1) is 8.31. The molecule has 2 N–H and O–H groups in total. The minimum absolute atomic E-state index is 0.320.